The smallest absolute Gasteiger partial charge is 0.259 e. The van der Waals surface area contributed by atoms with Crippen molar-refractivity contribution in [1.29, 1.82) is 5.26 Å². The van der Waals surface area contributed by atoms with Crippen LogP contribution in [-0.2, 0) is 6.54 Å². The lowest BCUT2D eigenvalue weighted by Crippen LogP contribution is -2.18. The molecule has 0 fully saturated rings. The Kier molecular flexibility index (Phi) is 3.07. The molecule has 16 heavy (non-hydrogen) atoms. The molecular formula is C12H12N2OS. The predicted octanol–water partition coefficient (Wildman–Crippen LogP) is 2.73. The zero-order valence-corrected chi connectivity index (χ0v) is 9.88. The van der Waals surface area contributed by atoms with Crippen LogP contribution in [-0.4, -0.2) is 4.57 Å². The summed E-state index contributed by atoms with van der Waals surface area (Å²) in [6.45, 7) is 2.85. The molecule has 0 saturated carbocycles. The van der Waals surface area contributed by atoms with Crippen molar-refractivity contribution in [3.8, 4) is 6.07 Å². The van der Waals surface area contributed by atoms with Crippen LogP contribution in [0.25, 0.3) is 10.1 Å². The number of aromatic nitrogens is 1. The molecule has 0 unspecified atom stereocenters. The highest BCUT2D eigenvalue weighted by Crippen LogP contribution is 2.21. The maximum Gasteiger partial charge on any atom is 0.259 e. The van der Waals surface area contributed by atoms with E-state index in [4.69, 9.17) is 5.26 Å². The summed E-state index contributed by atoms with van der Waals surface area (Å²) < 4.78 is 2.62. The first-order valence-electron chi connectivity index (χ1n) is 5.29. The Bertz CT molecular complexity index is 603. The molecule has 0 aromatic carbocycles. The van der Waals surface area contributed by atoms with Gasteiger partial charge in [0.2, 0.25) is 0 Å². The molecule has 2 aromatic rings. The number of hydrogen-bond acceptors (Lipinski definition) is 3. The number of rotatable bonds is 3. The maximum atomic E-state index is 12.0. The highest BCUT2D eigenvalue weighted by atomic mass is 32.1. The van der Waals surface area contributed by atoms with Crippen molar-refractivity contribution in [3.05, 3.63) is 33.6 Å². The fraction of sp³-hybridized carbons (Fsp3) is 0.333. The number of aryl methyl sites for hydroxylation is 1. The van der Waals surface area contributed by atoms with E-state index in [2.05, 4.69) is 13.0 Å². The highest BCUT2D eigenvalue weighted by Gasteiger charge is 2.06. The first kappa shape index (κ1) is 10.9. The van der Waals surface area contributed by atoms with Gasteiger partial charge in [-0.1, -0.05) is 13.3 Å². The van der Waals surface area contributed by atoms with Crippen LogP contribution in [0.5, 0.6) is 0 Å². The Labute approximate surface area is 97.6 Å². The number of unbranched alkanes of at least 4 members (excludes halogenated alkanes) is 1. The molecule has 0 atom stereocenters. The molecule has 0 radical (unpaired) electrons. The van der Waals surface area contributed by atoms with Crippen molar-refractivity contribution in [3.63, 3.8) is 0 Å². The van der Waals surface area contributed by atoms with Gasteiger partial charge in [0.25, 0.3) is 5.56 Å². The Balaban J connectivity index is 2.52. The highest BCUT2D eigenvalue weighted by molar-refractivity contribution is 7.19. The zero-order valence-electron chi connectivity index (χ0n) is 9.06. The molecule has 0 aliphatic carbocycles. The molecule has 0 aliphatic heterocycles. The quantitative estimate of drug-likeness (QED) is 0.816. The van der Waals surface area contributed by atoms with Crippen molar-refractivity contribution in [2.24, 2.45) is 0 Å². The van der Waals surface area contributed by atoms with Crippen molar-refractivity contribution in [2.45, 2.75) is 26.3 Å². The lowest BCUT2D eigenvalue weighted by Gasteiger charge is -2.03. The standard InChI is InChI=1S/C12H12N2OS/c1-2-3-5-14-6-4-11-10(12(14)15)7-9(8-13)16-11/h4,6-7H,2-3,5H2,1H3. The molecule has 2 heterocycles. The Morgan fingerprint density at radius 3 is 3.06 bits per heavy atom. The van der Waals surface area contributed by atoms with Gasteiger partial charge in [-0.3, -0.25) is 4.79 Å². The number of thiophene rings is 1. The minimum absolute atomic E-state index is 0.0173. The molecule has 0 saturated heterocycles. The van der Waals surface area contributed by atoms with Crippen LogP contribution < -0.4 is 5.56 Å². The third-order valence-corrected chi connectivity index (χ3v) is 3.53. The summed E-state index contributed by atoms with van der Waals surface area (Å²) in [4.78, 5) is 12.6. The fourth-order valence-electron chi connectivity index (χ4n) is 1.64. The summed E-state index contributed by atoms with van der Waals surface area (Å²) in [5.41, 5.74) is 0.0173. The molecule has 4 heteroatoms. The van der Waals surface area contributed by atoms with E-state index in [9.17, 15) is 4.79 Å². The van der Waals surface area contributed by atoms with Crippen LogP contribution in [0, 0.1) is 11.3 Å². The van der Waals surface area contributed by atoms with Gasteiger partial charge < -0.3 is 4.57 Å². The molecule has 82 valence electrons. The van der Waals surface area contributed by atoms with E-state index in [0.29, 0.717) is 10.3 Å². The monoisotopic (exact) mass is 232 g/mol. The lowest BCUT2D eigenvalue weighted by atomic mass is 10.3. The average molecular weight is 232 g/mol. The van der Waals surface area contributed by atoms with Crippen molar-refractivity contribution < 1.29 is 0 Å². The fourth-order valence-corrected chi connectivity index (χ4v) is 2.48. The van der Waals surface area contributed by atoms with E-state index in [-0.39, 0.29) is 5.56 Å². The van der Waals surface area contributed by atoms with Gasteiger partial charge in [-0.15, -0.1) is 11.3 Å². The van der Waals surface area contributed by atoms with Gasteiger partial charge >= 0.3 is 0 Å². The second-order valence-corrected chi connectivity index (χ2v) is 4.75. The van der Waals surface area contributed by atoms with E-state index >= 15 is 0 Å². The zero-order chi connectivity index (χ0) is 11.5. The van der Waals surface area contributed by atoms with E-state index < -0.39 is 0 Å². The number of pyridine rings is 1. The van der Waals surface area contributed by atoms with Crippen LogP contribution >= 0.6 is 11.3 Å². The maximum absolute atomic E-state index is 12.0. The summed E-state index contributed by atoms with van der Waals surface area (Å²) in [5.74, 6) is 0. The van der Waals surface area contributed by atoms with Gasteiger partial charge in [0.05, 0.1) is 5.39 Å². The molecule has 0 aliphatic rings. The summed E-state index contributed by atoms with van der Waals surface area (Å²) in [7, 11) is 0. The minimum atomic E-state index is 0.0173. The molecule has 3 nitrogen and oxygen atoms in total. The SMILES string of the molecule is CCCCn1ccc2sc(C#N)cc2c1=O. The number of fused-ring (bicyclic) bond motifs is 1. The van der Waals surface area contributed by atoms with Crippen LogP contribution in [0.15, 0.2) is 23.1 Å². The molecule has 2 rings (SSSR count). The number of hydrogen-bond donors (Lipinski definition) is 0. The Hall–Kier alpha value is -1.60. The van der Waals surface area contributed by atoms with Crippen molar-refractivity contribution in [1.82, 2.24) is 4.57 Å². The van der Waals surface area contributed by atoms with Gasteiger partial charge in [0, 0.05) is 17.4 Å². The summed E-state index contributed by atoms with van der Waals surface area (Å²) in [5, 5.41) is 9.46. The summed E-state index contributed by atoms with van der Waals surface area (Å²) >= 11 is 1.37. The topological polar surface area (TPSA) is 45.8 Å². The largest absolute Gasteiger partial charge is 0.315 e. The molecule has 0 N–H and O–H groups in total. The van der Waals surface area contributed by atoms with Gasteiger partial charge in [0.1, 0.15) is 10.9 Å². The van der Waals surface area contributed by atoms with E-state index in [1.165, 1.54) is 11.3 Å². The van der Waals surface area contributed by atoms with Gasteiger partial charge in [-0.2, -0.15) is 5.26 Å². The molecule has 0 amide bonds. The van der Waals surface area contributed by atoms with Crippen molar-refractivity contribution in [2.75, 3.05) is 0 Å². The van der Waals surface area contributed by atoms with Crippen molar-refractivity contribution >= 4 is 21.4 Å². The van der Waals surface area contributed by atoms with Gasteiger partial charge in [-0.05, 0) is 18.6 Å². The Morgan fingerprint density at radius 2 is 2.38 bits per heavy atom. The number of nitrogens with zero attached hydrogens (tertiary/aromatic N) is 2. The van der Waals surface area contributed by atoms with Gasteiger partial charge in [-0.25, -0.2) is 0 Å². The van der Waals surface area contributed by atoms with E-state index in [1.54, 1.807) is 10.6 Å². The summed E-state index contributed by atoms with van der Waals surface area (Å²) in [6, 6.07) is 5.68. The summed E-state index contributed by atoms with van der Waals surface area (Å²) in [6.07, 6.45) is 3.89. The number of nitriles is 1. The third-order valence-electron chi connectivity index (χ3n) is 2.52. The lowest BCUT2D eigenvalue weighted by molar-refractivity contribution is 0.617. The third kappa shape index (κ3) is 1.86. The second-order valence-electron chi connectivity index (χ2n) is 3.67. The van der Waals surface area contributed by atoms with Gasteiger partial charge in [0.15, 0.2) is 0 Å². The van der Waals surface area contributed by atoms with E-state index in [0.717, 1.165) is 24.1 Å². The minimum Gasteiger partial charge on any atom is -0.315 e. The molecular weight excluding hydrogens is 220 g/mol. The average Bonchev–Trinajstić information content (AvgIpc) is 2.72. The predicted molar refractivity (Wildman–Crippen MR) is 65.7 cm³/mol. The molecule has 0 spiro atoms. The second kappa shape index (κ2) is 4.50. The first-order chi connectivity index (χ1) is 7.76. The van der Waals surface area contributed by atoms with Crippen LogP contribution in [0.4, 0.5) is 0 Å². The molecule has 2 aromatic heterocycles. The normalized spacial score (nSPS) is 10.5. The van der Waals surface area contributed by atoms with Crippen LogP contribution in [0.2, 0.25) is 0 Å². The van der Waals surface area contributed by atoms with Crippen LogP contribution in [0.1, 0.15) is 24.6 Å². The Morgan fingerprint density at radius 1 is 1.56 bits per heavy atom. The van der Waals surface area contributed by atoms with E-state index in [1.807, 2.05) is 12.3 Å². The van der Waals surface area contributed by atoms with Crippen LogP contribution in [0.3, 0.4) is 0 Å². The molecule has 0 bridgehead atoms. The first-order valence-corrected chi connectivity index (χ1v) is 6.11.